The summed E-state index contributed by atoms with van der Waals surface area (Å²) in [6, 6.07) is 0.201. The Balaban J connectivity index is 1.40. The van der Waals surface area contributed by atoms with Gasteiger partial charge in [0.05, 0.1) is 6.54 Å². The van der Waals surface area contributed by atoms with Crippen LogP contribution in [-0.4, -0.2) is 78.4 Å². The highest BCUT2D eigenvalue weighted by molar-refractivity contribution is 5.79. The van der Waals surface area contributed by atoms with Gasteiger partial charge < -0.3 is 15.5 Å². The van der Waals surface area contributed by atoms with Crippen molar-refractivity contribution in [2.75, 3.05) is 45.8 Å². The van der Waals surface area contributed by atoms with Gasteiger partial charge in [-0.2, -0.15) is 0 Å². The van der Waals surface area contributed by atoms with Crippen molar-refractivity contribution in [2.24, 2.45) is 23.5 Å². The van der Waals surface area contributed by atoms with Crippen LogP contribution in [0.1, 0.15) is 46.0 Å². The first-order valence-corrected chi connectivity index (χ1v) is 10.5. The van der Waals surface area contributed by atoms with Crippen molar-refractivity contribution in [1.29, 1.82) is 0 Å². The second-order valence-corrected chi connectivity index (χ2v) is 8.96. The van der Waals surface area contributed by atoms with Crippen LogP contribution in [0.4, 0.5) is 0 Å². The highest BCUT2D eigenvalue weighted by Gasteiger charge is 2.31. The molecule has 148 valence electrons. The number of amides is 2. The summed E-state index contributed by atoms with van der Waals surface area (Å²) in [5.74, 6) is 2.06. The van der Waals surface area contributed by atoms with E-state index >= 15 is 0 Å². The molecule has 0 aromatic carbocycles. The third kappa shape index (κ3) is 4.97. The third-order valence-corrected chi connectivity index (χ3v) is 6.46. The Kier molecular flexibility index (Phi) is 6.56. The molecule has 0 aromatic heterocycles. The van der Waals surface area contributed by atoms with Crippen molar-refractivity contribution in [2.45, 2.75) is 52.0 Å². The average molecular weight is 365 g/mol. The maximum atomic E-state index is 12.6. The fourth-order valence-corrected chi connectivity index (χ4v) is 4.99. The minimum atomic E-state index is 0.201. The number of hydrogen-bond acceptors (Lipinski definition) is 4. The Morgan fingerprint density at radius 1 is 0.923 bits per heavy atom. The summed E-state index contributed by atoms with van der Waals surface area (Å²) in [6.45, 7) is 9.82. The molecule has 2 amide bonds. The first kappa shape index (κ1) is 19.6. The van der Waals surface area contributed by atoms with Crippen molar-refractivity contribution in [3.05, 3.63) is 0 Å². The molecule has 0 bridgehead atoms. The van der Waals surface area contributed by atoms with E-state index in [0.717, 1.165) is 58.5 Å². The van der Waals surface area contributed by atoms with Gasteiger partial charge in [-0.1, -0.05) is 20.3 Å². The number of carbonyl (C=O) groups excluding carboxylic acids is 2. The average Bonchev–Trinajstić information content (AvgIpc) is 2.99. The first-order chi connectivity index (χ1) is 12.4. The standard InChI is InChI=1S/C20H36N4O2/c1-15-10-16(2)13-24(12-15)20(26)14-22-6-8-23(9-7-22)19(25)11-17-4-3-5-18(17)21/h15-18H,3-14,21H2,1-2H3/t15?,16?,17-,18+/m0/s1. The molecule has 3 fully saturated rings. The summed E-state index contributed by atoms with van der Waals surface area (Å²) < 4.78 is 0. The van der Waals surface area contributed by atoms with Gasteiger partial charge in [0.2, 0.25) is 11.8 Å². The van der Waals surface area contributed by atoms with E-state index in [0.29, 0.717) is 30.7 Å². The number of carbonyl (C=O) groups is 2. The Labute approximate surface area is 158 Å². The van der Waals surface area contributed by atoms with E-state index in [1.165, 1.54) is 6.42 Å². The van der Waals surface area contributed by atoms with E-state index in [9.17, 15) is 9.59 Å². The molecule has 1 aliphatic carbocycles. The van der Waals surface area contributed by atoms with Gasteiger partial charge in [0.25, 0.3) is 0 Å². The monoisotopic (exact) mass is 364 g/mol. The lowest BCUT2D eigenvalue weighted by molar-refractivity contribution is -0.137. The molecule has 2 unspecified atom stereocenters. The zero-order valence-corrected chi connectivity index (χ0v) is 16.5. The van der Waals surface area contributed by atoms with Crippen molar-refractivity contribution in [3.63, 3.8) is 0 Å². The predicted molar refractivity (Wildman–Crippen MR) is 102 cm³/mol. The van der Waals surface area contributed by atoms with E-state index in [-0.39, 0.29) is 17.9 Å². The Morgan fingerprint density at radius 3 is 2.15 bits per heavy atom. The molecule has 0 spiro atoms. The van der Waals surface area contributed by atoms with Crippen LogP contribution in [0.15, 0.2) is 0 Å². The molecular formula is C20H36N4O2. The van der Waals surface area contributed by atoms with E-state index in [2.05, 4.69) is 18.7 Å². The van der Waals surface area contributed by atoms with Crippen LogP contribution in [0.3, 0.4) is 0 Å². The topological polar surface area (TPSA) is 69.9 Å². The largest absolute Gasteiger partial charge is 0.341 e. The van der Waals surface area contributed by atoms with Crippen LogP contribution >= 0.6 is 0 Å². The predicted octanol–water partition coefficient (Wildman–Crippen LogP) is 1.15. The van der Waals surface area contributed by atoms with E-state index < -0.39 is 0 Å². The van der Waals surface area contributed by atoms with Crippen LogP contribution in [0.25, 0.3) is 0 Å². The number of piperidine rings is 1. The van der Waals surface area contributed by atoms with E-state index in [1.807, 2.05) is 9.80 Å². The molecule has 3 rings (SSSR count). The van der Waals surface area contributed by atoms with Crippen LogP contribution in [-0.2, 0) is 9.59 Å². The lowest BCUT2D eigenvalue weighted by Crippen LogP contribution is -2.53. The molecular weight excluding hydrogens is 328 g/mol. The number of rotatable bonds is 4. The Bertz CT molecular complexity index is 494. The first-order valence-electron chi connectivity index (χ1n) is 10.5. The fraction of sp³-hybridized carbons (Fsp3) is 0.900. The van der Waals surface area contributed by atoms with Crippen LogP contribution in [0.5, 0.6) is 0 Å². The minimum absolute atomic E-state index is 0.201. The SMILES string of the molecule is CC1CC(C)CN(C(=O)CN2CCN(C(=O)C[C@@H]3CCC[C@H]3N)CC2)C1. The molecule has 2 N–H and O–H groups in total. The van der Waals surface area contributed by atoms with Crippen molar-refractivity contribution in [1.82, 2.24) is 14.7 Å². The third-order valence-electron chi connectivity index (χ3n) is 6.46. The fourth-order valence-electron chi connectivity index (χ4n) is 4.99. The van der Waals surface area contributed by atoms with Gasteiger partial charge in [-0.05, 0) is 37.0 Å². The lowest BCUT2D eigenvalue weighted by Gasteiger charge is -2.38. The van der Waals surface area contributed by atoms with Gasteiger partial charge in [-0.15, -0.1) is 0 Å². The molecule has 0 radical (unpaired) electrons. The lowest BCUT2D eigenvalue weighted by atomic mass is 9.92. The highest BCUT2D eigenvalue weighted by atomic mass is 16.2. The molecule has 1 saturated carbocycles. The number of nitrogens with two attached hydrogens (primary N) is 1. The maximum Gasteiger partial charge on any atom is 0.236 e. The van der Waals surface area contributed by atoms with Gasteiger partial charge >= 0.3 is 0 Å². The highest BCUT2D eigenvalue weighted by Crippen LogP contribution is 2.27. The number of nitrogens with zero attached hydrogens (tertiary/aromatic N) is 3. The molecule has 3 aliphatic rings. The second kappa shape index (κ2) is 8.70. The quantitative estimate of drug-likeness (QED) is 0.812. The smallest absolute Gasteiger partial charge is 0.236 e. The van der Waals surface area contributed by atoms with Gasteiger partial charge in [0.1, 0.15) is 0 Å². The molecule has 2 aliphatic heterocycles. The second-order valence-electron chi connectivity index (χ2n) is 8.96. The van der Waals surface area contributed by atoms with E-state index in [1.54, 1.807) is 0 Å². The number of likely N-dealkylation sites (tertiary alicyclic amines) is 1. The molecule has 0 aromatic rings. The normalized spacial score (nSPS) is 33.5. The van der Waals surface area contributed by atoms with Gasteiger partial charge in [0.15, 0.2) is 0 Å². The van der Waals surface area contributed by atoms with Crippen molar-refractivity contribution in [3.8, 4) is 0 Å². The zero-order chi connectivity index (χ0) is 18.7. The molecule has 6 nitrogen and oxygen atoms in total. The van der Waals surface area contributed by atoms with Gasteiger partial charge in [-0.3, -0.25) is 14.5 Å². The summed E-state index contributed by atoms with van der Waals surface area (Å²) in [7, 11) is 0. The van der Waals surface area contributed by atoms with Gasteiger partial charge in [0, 0.05) is 51.7 Å². The molecule has 4 atom stereocenters. The number of hydrogen-bond donors (Lipinski definition) is 1. The van der Waals surface area contributed by atoms with Gasteiger partial charge in [-0.25, -0.2) is 0 Å². The minimum Gasteiger partial charge on any atom is -0.341 e. The Hall–Kier alpha value is -1.14. The van der Waals surface area contributed by atoms with Crippen molar-refractivity contribution >= 4 is 11.8 Å². The van der Waals surface area contributed by atoms with E-state index in [4.69, 9.17) is 5.73 Å². The zero-order valence-electron chi connectivity index (χ0n) is 16.5. The number of piperazine rings is 1. The molecule has 2 heterocycles. The summed E-state index contributed by atoms with van der Waals surface area (Å²) in [6.07, 6.45) is 5.12. The van der Waals surface area contributed by atoms with Crippen LogP contribution < -0.4 is 5.73 Å². The molecule has 6 heteroatoms. The molecule has 2 saturated heterocycles. The summed E-state index contributed by atoms with van der Waals surface area (Å²) in [5, 5.41) is 0. The van der Waals surface area contributed by atoms with Crippen LogP contribution in [0.2, 0.25) is 0 Å². The summed E-state index contributed by atoms with van der Waals surface area (Å²) >= 11 is 0. The maximum absolute atomic E-state index is 12.6. The Morgan fingerprint density at radius 2 is 1.58 bits per heavy atom. The summed E-state index contributed by atoms with van der Waals surface area (Å²) in [4.78, 5) is 31.4. The van der Waals surface area contributed by atoms with Crippen LogP contribution in [0, 0.1) is 17.8 Å². The summed E-state index contributed by atoms with van der Waals surface area (Å²) in [5.41, 5.74) is 6.10. The molecule has 26 heavy (non-hydrogen) atoms. The van der Waals surface area contributed by atoms with Crippen molar-refractivity contribution < 1.29 is 9.59 Å².